The molecule has 0 bridgehead atoms. The number of hydrogen-bond acceptors (Lipinski definition) is 9. The van der Waals surface area contributed by atoms with Gasteiger partial charge < -0.3 is 15.6 Å². The molecule has 4 N–H and O–H groups in total. The van der Waals surface area contributed by atoms with E-state index < -0.39 is 22.3 Å². The predicted octanol–water partition coefficient (Wildman–Crippen LogP) is 2.06. The second-order valence-corrected chi connectivity index (χ2v) is 5.99. The summed E-state index contributed by atoms with van der Waals surface area (Å²) < 4.78 is 5.17. The van der Waals surface area contributed by atoms with Gasteiger partial charge in [0.15, 0.2) is 10.9 Å². The molecule has 0 saturated carbocycles. The minimum atomic E-state index is -0.735. The molecule has 0 aliphatic carbocycles. The Labute approximate surface area is 152 Å². The lowest BCUT2D eigenvalue weighted by atomic mass is 10.2. The number of phenolic OH excluding ortho intramolecular Hbond substituents is 1. The molecule has 138 valence electrons. The number of nitrogen functional groups attached to an aromatic ring is 1. The van der Waals surface area contributed by atoms with Gasteiger partial charge in [-0.2, -0.15) is 5.10 Å². The lowest BCUT2D eigenvalue weighted by Gasteiger charge is -2.07. The molecular weight excluding hydrogens is 362 g/mol. The molecule has 1 heterocycles. The molecule has 0 spiro atoms. The number of aryl methyl sites for hydroxylation is 1. The van der Waals surface area contributed by atoms with Crippen molar-refractivity contribution in [1.29, 1.82) is 0 Å². The molecule has 11 heteroatoms. The Bertz CT molecular complexity index is 864. The van der Waals surface area contributed by atoms with E-state index in [1.54, 1.807) is 6.92 Å². The second kappa shape index (κ2) is 8.25. The fourth-order valence-electron chi connectivity index (χ4n) is 2.10. The van der Waals surface area contributed by atoms with Crippen molar-refractivity contribution in [2.75, 3.05) is 12.3 Å². The van der Waals surface area contributed by atoms with Gasteiger partial charge in [-0.05, 0) is 19.4 Å². The van der Waals surface area contributed by atoms with Crippen LogP contribution in [0.5, 0.6) is 11.5 Å². The van der Waals surface area contributed by atoms with Gasteiger partial charge in [0.25, 0.3) is 5.91 Å². The SMILES string of the molecule is CCOc1cc(C=NNC(=O)c2sc(N)nc2CC)cc([N+](=O)[O-])c1O. The van der Waals surface area contributed by atoms with Crippen LogP contribution in [-0.2, 0) is 6.42 Å². The molecule has 0 aliphatic rings. The minimum Gasteiger partial charge on any atom is -0.500 e. The van der Waals surface area contributed by atoms with Gasteiger partial charge in [0.2, 0.25) is 5.75 Å². The Kier molecular flexibility index (Phi) is 6.07. The number of nitro benzene ring substituents is 1. The first kappa shape index (κ1) is 19.1. The molecule has 0 radical (unpaired) electrons. The Morgan fingerprint density at radius 1 is 1.54 bits per heavy atom. The highest BCUT2D eigenvalue weighted by molar-refractivity contribution is 7.17. The van der Waals surface area contributed by atoms with Gasteiger partial charge in [0.1, 0.15) is 4.88 Å². The van der Waals surface area contributed by atoms with Crippen LogP contribution in [0.2, 0.25) is 0 Å². The molecule has 26 heavy (non-hydrogen) atoms. The van der Waals surface area contributed by atoms with Crippen LogP contribution >= 0.6 is 11.3 Å². The normalized spacial score (nSPS) is 10.8. The van der Waals surface area contributed by atoms with Crippen molar-refractivity contribution in [3.05, 3.63) is 38.4 Å². The summed E-state index contributed by atoms with van der Waals surface area (Å²) in [6.45, 7) is 3.74. The summed E-state index contributed by atoms with van der Waals surface area (Å²) >= 11 is 1.05. The Hall–Kier alpha value is -3.21. The number of aromatic hydroxyl groups is 1. The van der Waals surface area contributed by atoms with Gasteiger partial charge in [0.05, 0.1) is 23.4 Å². The highest BCUT2D eigenvalue weighted by Gasteiger charge is 2.20. The highest BCUT2D eigenvalue weighted by Crippen LogP contribution is 2.36. The van der Waals surface area contributed by atoms with Crippen LogP contribution in [0, 0.1) is 10.1 Å². The number of thiazole rings is 1. The van der Waals surface area contributed by atoms with Gasteiger partial charge in [-0.3, -0.25) is 14.9 Å². The zero-order valence-electron chi connectivity index (χ0n) is 14.1. The van der Waals surface area contributed by atoms with E-state index in [2.05, 4.69) is 15.5 Å². The zero-order valence-corrected chi connectivity index (χ0v) is 14.9. The number of hydrazone groups is 1. The van der Waals surface area contributed by atoms with Crippen LogP contribution in [0.15, 0.2) is 17.2 Å². The van der Waals surface area contributed by atoms with Gasteiger partial charge in [-0.15, -0.1) is 0 Å². The maximum absolute atomic E-state index is 12.1. The zero-order chi connectivity index (χ0) is 19.3. The van der Waals surface area contributed by atoms with Crippen LogP contribution in [0.25, 0.3) is 0 Å². The third kappa shape index (κ3) is 4.25. The average Bonchev–Trinajstić information content (AvgIpc) is 2.98. The van der Waals surface area contributed by atoms with Gasteiger partial charge in [-0.1, -0.05) is 18.3 Å². The number of nitro groups is 1. The molecule has 1 aromatic heterocycles. The van der Waals surface area contributed by atoms with Crippen molar-refractivity contribution in [2.24, 2.45) is 5.10 Å². The van der Waals surface area contributed by atoms with Crippen LogP contribution < -0.4 is 15.9 Å². The molecule has 0 saturated heterocycles. The molecule has 1 aromatic carbocycles. The highest BCUT2D eigenvalue weighted by atomic mass is 32.1. The van der Waals surface area contributed by atoms with Crippen molar-refractivity contribution >= 4 is 34.3 Å². The third-order valence-corrected chi connectivity index (χ3v) is 4.13. The van der Waals surface area contributed by atoms with Gasteiger partial charge >= 0.3 is 5.69 Å². The lowest BCUT2D eigenvalue weighted by molar-refractivity contribution is -0.386. The molecule has 2 rings (SSSR count). The monoisotopic (exact) mass is 379 g/mol. The molecule has 0 unspecified atom stereocenters. The minimum absolute atomic E-state index is 0.0435. The van der Waals surface area contributed by atoms with Crippen molar-refractivity contribution in [3.8, 4) is 11.5 Å². The van der Waals surface area contributed by atoms with E-state index in [9.17, 15) is 20.0 Å². The fraction of sp³-hybridized carbons (Fsp3) is 0.267. The number of phenols is 1. The maximum atomic E-state index is 12.1. The summed E-state index contributed by atoms with van der Waals surface area (Å²) in [6.07, 6.45) is 1.75. The Morgan fingerprint density at radius 2 is 2.27 bits per heavy atom. The summed E-state index contributed by atoms with van der Waals surface area (Å²) in [5.41, 5.74) is 8.25. The smallest absolute Gasteiger partial charge is 0.315 e. The van der Waals surface area contributed by atoms with Crippen molar-refractivity contribution in [2.45, 2.75) is 20.3 Å². The number of amides is 1. The van der Waals surface area contributed by atoms with E-state index >= 15 is 0 Å². The summed E-state index contributed by atoms with van der Waals surface area (Å²) in [6, 6.07) is 2.50. The van der Waals surface area contributed by atoms with E-state index in [0.29, 0.717) is 17.0 Å². The molecule has 10 nitrogen and oxygen atoms in total. The van der Waals surface area contributed by atoms with E-state index in [4.69, 9.17) is 10.5 Å². The topological polar surface area (TPSA) is 153 Å². The van der Waals surface area contributed by atoms with Crippen LogP contribution in [-0.4, -0.2) is 33.7 Å². The third-order valence-electron chi connectivity index (χ3n) is 3.21. The summed E-state index contributed by atoms with van der Waals surface area (Å²) in [5, 5.41) is 24.9. The van der Waals surface area contributed by atoms with E-state index in [1.807, 2.05) is 6.92 Å². The first-order valence-corrected chi connectivity index (χ1v) is 8.41. The molecule has 0 atom stereocenters. The van der Waals surface area contributed by atoms with Gasteiger partial charge in [-0.25, -0.2) is 10.4 Å². The first-order chi connectivity index (χ1) is 12.4. The first-order valence-electron chi connectivity index (χ1n) is 7.60. The number of nitrogens with one attached hydrogen (secondary N) is 1. The number of aromatic nitrogens is 1. The number of nitrogens with zero attached hydrogens (tertiary/aromatic N) is 3. The summed E-state index contributed by atoms with van der Waals surface area (Å²) in [4.78, 5) is 26.8. The van der Waals surface area contributed by atoms with E-state index in [0.717, 1.165) is 17.4 Å². The van der Waals surface area contributed by atoms with Crippen molar-refractivity contribution < 1.29 is 19.6 Å². The number of nitrogens with two attached hydrogens (primary N) is 1. The number of carbonyl (C=O) groups excluding carboxylic acids is 1. The molecule has 0 fully saturated rings. The van der Waals surface area contributed by atoms with Crippen LogP contribution in [0.3, 0.4) is 0 Å². The summed E-state index contributed by atoms with van der Waals surface area (Å²) in [5.74, 6) is -1.09. The Balaban J connectivity index is 2.21. The number of hydrogen-bond donors (Lipinski definition) is 3. The largest absolute Gasteiger partial charge is 0.500 e. The number of anilines is 1. The standard InChI is InChI=1S/C15H17N5O5S/c1-3-9-13(26-15(16)18-9)14(22)19-17-7-8-5-10(20(23)24)12(21)11(6-8)25-4-2/h5-7,21H,3-4H2,1-2H3,(H2,16,18)(H,19,22). The number of benzene rings is 1. The fourth-order valence-corrected chi connectivity index (χ4v) is 2.91. The maximum Gasteiger partial charge on any atom is 0.315 e. The second-order valence-electron chi connectivity index (χ2n) is 4.96. The molecule has 2 aromatic rings. The average molecular weight is 379 g/mol. The summed E-state index contributed by atoms with van der Waals surface area (Å²) in [7, 11) is 0. The van der Waals surface area contributed by atoms with E-state index in [-0.39, 0.29) is 23.1 Å². The molecular formula is C15H17N5O5S. The molecule has 1 amide bonds. The molecule has 0 aliphatic heterocycles. The quantitative estimate of drug-likeness (QED) is 0.378. The van der Waals surface area contributed by atoms with Crippen molar-refractivity contribution in [1.82, 2.24) is 10.4 Å². The van der Waals surface area contributed by atoms with Gasteiger partial charge in [0, 0.05) is 11.6 Å². The number of ether oxygens (including phenoxy) is 1. The number of carbonyl (C=O) groups is 1. The van der Waals surface area contributed by atoms with Crippen LogP contribution in [0.1, 0.15) is 34.8 Å². The van der Waals surface area contributed by atoms with E-state index in [1.165, 1.54) is 12.3 Å². The lowest BCUT2D eigenvalue weighted by Crippen LogP contribution is -2.17. The number of rotatable bonds is 7. The predicted molar refractivity (Wildman–Crippen MR) is 96.9 cm³/mol. The van der Waals surface area contributed by atoms with Crippen LogP contribution in [0.4, 0.5) is 10.8 Å². The Morgan fingerprint density at radius 3 is 2.88 bits per heavy atom. The van der Waals surface area contributed by atoms with Crippen molar-refractivity contribution in [3.63, 3.8) is 0 Å².